The van der Waals surface area contributed by atoms with Crippen molar-refractivity contribution in [3.05, 3.63) is 94.9 Å². The summed E-state index contributed by atoms with van der Waals surface area (Å²) in [6.07, 6.45) is 1.30. The van der Waals surface area contributed by atoms with Gasteiger partial charge in [-0.1, -0.05) is 86.6 Å². The SMILES string of the molecule is CCCOP(=O)(OCCC)OB1n2c3c4ccccc4c2/N=C2N=C(/N=c4/c5ccccc5c(n41)=N3)c1ccccc1\2. The zero-order valence-electron chi connectivity index (χ0n) is 23.1. The van der Waals surface area contributed by atoms with Gasteiger partial charge in [0.1, 0.15) is 22.6 Å². The molecule has 0 spiro atoms. The average Bonchev–Trinajstić information content (AvgIpc) is 3.64. The van der Waals surface area contributed by atoms with E-state index in [9.17, 15) is 4.57 Å². The van der Waals surface area contributed by atoms with Gasteiger partial charge in [-0.05, 0) is 12.8 Å². The Labute approximate surface area is 241 Å². The lowest BCUT2D eigenvalue weighted by atomic mass is 10.00. The molecule has 0 atom stereocenters. The molecule has 8 rings (SSSR count). The van der Waals surface area contributed by atoms with Crippen LogP contribution in [0.5, 0.6) is 0 Å². The minimum atomic E-state index is -4.05. The number of benzene rings is 3. The van der Waals surface area contributed by atoms with Crippen LogP contribution in [0.4, 0.5) is 11.6 Å². The highest BCUT2D eigenvalue weighted by Crippen LogP contribution is 2.52. The Morgan fingerprint density at radius 3 is 1.74 bits per heavy atom. The van der Waals surface area contributed by atoms with Crippen molar-refractivity contribution < 1.29 is 18.1 Å². The lowest BCUT2D eigenvalue weighted by molar-refractivity contribution is 0.153. The van der Waals surface area contributed by atoms with Gasteiger partial charge in [0.25, 0.3) is 0 Å². The van der Waals surface area contributed by atoms with Gasteiger partial charge in [-0.15, -0.1) is 0 Å². The summed E-state index contributed by atoms with van der Waals surface area (Å²) >= 11 is 0. The second-order valence-electron chi connectivity index (χ2n) is 10.3. The van der Waals surface area contributed by atoms with Crippen molar-refractivity contribution >= 4 is 59.9 Å². The van der Waals surface area contributed by atoms with Crippen LogP contribution in [-0.2, 0) is 18.1 Å². The van der Waals surface area contributed by atoms with Crippen LogP contribution in [0.1, 0.15) is 37.8 Å². The first-order chi connectivity index (χ1) is 20.6. The van der Waals surface area contributed by atoms with Gasteiger partial charge in [0.15, 0.2) is 11.7 Å². The molecule has 3 aliphatic heterocycles. The molecule has 12 heteroatoms. The highest BCUT2D eigenvalue weighted by molar-refractivity contribution is 7.49. The first-order valence-corrected chi connectivity index (χ1v) is 15.6. The summed E-state index contributed by atoms with van der Waals surface area (Å²) in [5, 5.41) is 3.50. The monoisotopic (exact) mass is 576 g/mol. The molecule has 42 heavy (non-hydrogen) atoms. The van der Waals surface area contributed by atoms with E-state index in [2.05, 4.69) is 0 Å². The molecule has 0 fully saturated rings. The molecule has 3 aliphatic rings. The molecule has 0 saturated heterocycles. The Bertz CT molecular complexity index is 2160. The van der Waals surface area contributed by atoms with Crippen LogP contribution in [0.15, 0.2) is 92.8 Å². The lowest BCUT2D eigenvalue weighted by Gasteiger charge is -2.26. The highest BCUT2D eigenvalue weighted by atomic mass is 31.2. The van der Waals surface area contributed by atoms with Crippen LogP contribution in [0, 0.1) is 0 Å². The van der Waals surface area contributed by atoms with E-state index in [1.54, 1.807) is 0 Å². The molecule has 0 N–H and O–H groups in total. The Morgan fingerprint density at radius 1 is 0.643 bits per heavy atom. The van der Waals surface area contributed by atoms with Gasteiger partial charge in [-0.3, -0.25) is 9.05 Å². The number of fused-ring (bicyclic) bond motifs is 10. The van der Waals surface area contributed by atoms with Gasteiger partial charge < -0.3 is 13.4 Å². The van der Waals surface area contributed by atoms with Crippen molar-refractivity contribution in [3.8, 4) is 0 Å². The van der Waals surface area contributed by atoms with E-state index in [1.165, 1.54) is 0 Å². The molecule has 0 unspecified atom stereocenters. The molecule has 5 aromatic rings. The second kappa shape index (κ2) is 9.71. The van der Waals surface area contributed by atoms with E-state index >= 15 is 0 Å². The fourth-order valence-electron chi connectivity index (χ4n) is 5.74. The van der Waals surface area contributed by atoms with E-state index in [0.29, 0.717) is 47.1 Å². The molecule has 0 aliphatic carbocycles. The fourth-order valence-corrected chi connectivity index (χ4v) is 7.16. The molecular weight excluding hydrogens is 550 g/mol. The van der Waals surface area contributed by atoms with Crippen LogP contribution < -0.4 is 11.0 Å². The number of phosphoric ester groups is 1. The van der Waals surface area contributed by atoms with E-state index in [1.807, 2.05) is 95.6 Å². The van der Waals surface area contributed by atoms with Crippen molar-refractivity contribution in [2.45, 2.75) is 26.7 Å². The van der Waals surface area contributed by atoms with Crippen LogP contribution >= 0.6 is 7.82 Å². The third-order valence-corrected chi connectivity index (χ3v) is 9.00. The van der Waals surface area contributed by atoms with E-state index < -0.39 is 15.0 Å². The van der Waals surface area contributed by atoms with Crippen LogP contribution in [-0.4, -0.2) is 41.0 Å². The average molecular weight is 576 g/mol. The number of aliphatic imine (C=N–C) groups is 2. The molecular formula is C30H26BN6O4P. The maximum atomic E-state index is 14.2. The van der Waals surface area contributed by atoms with E-state index in [0.717, 1.165) is 32.7 Å². The molecule has 5 heterocycles. The van der Waals surface area contributed by atoms with Crippen molar-refractivity contribution in [3.63, 3.8) is 0 Å². The molecule has 0 amide bonds. The van der Waals surface area contributed by atoms with Gasteiger partial charge >= 0.3 is 15.0 Å². The van der Waals surface area contributed by atoms with Crippen LogP contribution in [0.2, 0.25) is 0 Å². The molecule has 0 saturated carbocycles. The minimum absolute atomic E-state index is 0.220. The Kier molecular flexibility index (Phi) is 5.91. The first kappa shape index (κ1) is 25.6. The summed E-state index contributed by atoms with van der Waals surface area (Å²) in [7, 11) is -5.07. The normalized spacial score (nSPS) is 16.9. The summed E-state index contributed by atoms with van der Waals surface area (Å²) in [6, 6.07) is 23.8. The first-order valence-electron chi connectivity index (χ1n) is 14.1. The van der Waals surface area contributed by atoms with Crippen LogP contribution in [0.3, 0.4) is 0 Å². The number of amidine groups is 2. The summed E-state index contributed by atoms with van der Waals surface area (Å²) in [6.45, 7) is 4.33. The Morgan fingerprint density at radius 2 is 1.14 bits per heavy atom. The topological polar surface area (TPSA) is 104 Å². The lowest BCUT2D eigenvalue weighted by Crippen LogP contribution is -2.50. The van der Waals surface area contributed by atoms with Gasteiger partial charge in [-0.2, -0.15) is 0 Å². The van der Waals surface area contributed by atoms with Gasteiger partial charge in [0.05, 0.1) is 13.2 Å². The number of rotatable bonds is 8. The molecule has 208 valence electrons. The third kappa shape index (κ3) is 3.74. The van der Waals surface area contributed by atoms with Gasteiger partial charge in [0, 0.05) is 32.7 Å². The molecule has 4 bridgehead atoms. The number of phosphoric acid groups is 1. The summed E-state index contributed by atoms with van der Waals surface area (Å²) in [4.78, 5) is 20.3. The number of aromatic nitrogens is 2. The zero-order chi connectivity index (χ0) is 28.4. The van der Waals surface area contributed by atoms with E-state index in [4.69, 9.17) is 33.5 Å². The minimum Gasteiger partial charge on any atom is -0.307 e. The third-order valence-electron chi connectivity index (χ3n) is 7.56. The molecule has 0 radical (unpaired) electrons. The zero-order valence-corrected chi connectivity index (χ0v) is 24.0. The van der Waals surface area contributed by atoms with Gasteiger partial charge in [-0.25, -0.2) is 24.5 Å². The maximum absolute atomic E-state index is 14.2. The fraction of sp³-hybridized carbons (Fsp3) is 0.200. The number of hydrogen-bond donors (Lipinski definition) is 0. The van der Waals surface area contributed by atoms with Crippen LogP contribution in [0.25, 0.3) is 21.5 Å². The second-order valence-corrected chi connectivity index (χ2v) is 11.9. The highest BCUT2D eigenvalue weighted by Gasteiger charge is 2.44. The summed E-state index contributed by atoms with van der Waals surface area (Å²) in [5.41, 5.74) is 2.98. The quantitative estimate of drug-likeness (QED) is 0.175. The van der Waals surface area contributed by atoms with Crippen molar-refractivity contribution in [2.75, 3.05) is 13.2 Å². The van der Waals surface area contributed by atoms with Crippen molar-refractivity contribution in [1.82, 2.24) is 8.96 Å². The Hall–Kier alpha value is -4.15. The summed E-state index contributed by atoms with van der Waals surface area (Å²) < 4.78 is 36.1. The number of nitrogens with zero attached hydrogens (tertiary/aromatic N) is 6. The van der Waals surface area contributed by atoms with E-state index in [-0.39, 0.29) is 13.2 Å². The summed E-state index contributed by atoms with van der Waals surface area (Å²) in [5.74, 6) is 2.29. The smallest absolute Gasteiger partial charge is 0.307 e. The molecule has 3 aromatic carbocycles. The predicted molar refractivity (Wildman–Crippen MR) is 163 cm³/mol. The number of hydrogen-bond acceptors (Lipinski definition) is 8. The maximum Gasteiger partial charge on any atom is 0.571 e. The standard InChI is InChI=1S/C30H26BN6O4P/c1-3-17-39-42(38,40-18-4-2)41-31-36-27-21-13-7-9-15-23(21)29(36)35-30-24-16-10-8-14-22(24)28(37(30)31)34-26-20-12-6-5-11-19(20)25(32-26)33-27/h5-16H,3-4,17-18H2,1-2H3/b33-25-,33-27?,34-26?,34-28-. The largest absolute Gasteiger partial charge is 0.571 e. The Balaban J connectivity index is 1.53. The van der Waals surface area contributed by atoms with Gasteiger partial charge in [0.2, 0.25) is 0 Å². The molecule has 10 nitrogen and oxygen atoms in total. The van der Waals surface area contributed by atoms with Crippen molar-refractivity contribution in [2.24, 2.45) is 20.0 Å². The predicted octanol–water partition coefficient (Wildman–Crippen LogP) is 5.69. The van der Waals surface area contributed by atoms with Crippen molar-refractivity contribution in [1.29, 1.82) is 0 Å². The molecule has 2 aromatic heterocycles.